The first-order valence-electron chi connectivity index (χ1n) is 5.70. The predicted molar refractivity (Wildman–Crippen MR) is 58.1 cm³/mol. The number of likely N-dealkylation sites (N-methyl/N-ethyl adjacent to an activating group) is 1. The molecule has 1 heterocycles. The van der Waals surface area contributed by atoms with E-state index in [-0.39, 0.29) is 0 Å². The molecule has 13 heavy (non-hydrogen) atoms. The topological polar surface area (TPSA) is 6.48 Å². The van der Waals surface area contributed by atoms with Gasteiger partial charge in [0.1, 0.15) is 0 Å². The SMILES string of the molecule is CCCC(CC)N1CCN(C)CC1. The molecule has 0 saturated carbocycles. The molecule has 78 valence electrons. The van der Waals surface area contributed by atoms with E-state index in [9.17, 15) is 0 Å². The van der Waals surface area contributed by atoms with Gasteiger partial charge in [0.2, 0.25) is 0 Å². The minimum atomic E-state index is 0.846. The van der Waals surface area contributed by atoms with Gasteiger partial charge in [0.15, 0.2) is 0 Å². The highest BCUT2D eigenvalue weighted by molar-refractivity contribution is 4.76. The summed E-state index contributed by atoms with van der Waals surface area (Å²) >= 11 is 0. The number of piperazine rings is 1. The molecular weight excluding hydrogens is 160 g/mol. The molecule has 0 aromatic heterocycles. The molecule has 0 amide bonds. The largest absolute Gasteiger partial charge is 0.304 e. The maximum atomic E-state index is 2.67. The van der Waals surface area contributed by atoms with Crippen LogP contribution in [0.5, 0.6) is 0 Å². The Morgan fingerprint density at radius 2 is 1.69 bits per heavy atom. The third-order valence-electron chi connectivity index (χ3n) is 3.15. The molecule has 0 spiro atoms. The van der Waals surface area contributed by atoms with E-state index in [4.69, 9.17) is 0 Å². The Morgan fingerprint density at radius 1 is 1.08 bits per heavy atom. The van der Waals surface area contributed by atoms with Gasteiger partial charge in [-0.3, -0.25) is 4.90 Å². The van der Waals surface area contributed by atoms with Crippen molar-refractivity contribution in [2.45, 2.75) is 39.2 Å². The molecular formula is C11H24N2. The van der Waals surface area contributed by atoms with E-state index in [1.807, 2.05) is 0 Å². The highest BCUT2D eigenvalue weighted by Crippen LogP contribution is 2.12. The van der Waals surface area contributed by atoms with Crippen LogP contribution in [-0.2, 0) is 0 Å². The van der Waals surface area contributed by atoms with Gasteiger partial charge in [-0.25, -0.2) is 0 Å². The summed E-state index contributed by atoms with van der Waals surface area (Å²) in [5.74, 6) is 0. The van der Waals surface area contributed by atoms with Gasteiger partial charge in [0.05, 0.1) is 0 Å². The second-order valence-electron chi connectivity index (χ2n) is 4.19. The third kappa shape index (κ3) is 3.28. The minimum Gasteiger partial charge on any atom is -0.304 e. The lowest BCUT2D eigenvalue weighted by Crippen LogP contribution is -2.48. The molecule has 1 atom stereocenters. The van der Waals surface area contributed by atoms with Gasteiger partial charge >= 0.3 is 0 Å². The van der Waals surface area contributed by atoms with Gasteiger partial charge in [0, 0.05) is 32.2 Å². The number of hydrogen-bond acceptors (Lipinski definition) is 2. The number of nitrogens with zero attached hydrogens (tertiary/aromatic N) is 2. The first-order valence-corrected chi connectivity index (χ1v) is 5.70. The van der Waals surface area contributed by atoms with Crippen molar-refractivity contribution in [1.82, 2.24) is 9.80 Å². The summed E-state index contributed by atoms with van der Waals surface area (Å²) in [6, 6.07) is 0.846. The van der Waals surface area contributed by atoms with E-state index >= 15 is 0 Å². The lowest BCUT2D eigenvalue weighted by molar-refractivity contribution is 0.104. The fourth-order valence-corrected chi connectivity index (χ4v) is 2.17. The minimum absolute atomic E-state index is 0.846. The van der Waals surface area contributed by atoms with Crippen molar-refractivity contribution < 1.29 is 0 Å². The Morgan fingerprint density at radius 3 is 2.15 bits per heavy atom. The Kier molecular flexibility index (Phi) is 4.74. The molecule has 2 nitrogen and oxygen atoms in total. The Bertz CT molecular complexity index is 128. The van der Waals surface area contributed by atoms with Crippen molar-refractivity contribution in [3.8, 4) is 0 Å². The summed E-state index contributed by atoms with van der Waals surface area (Å²) in [7, 11) is 2.22. The molecule has 2 heteroatoms. The molecule has 1 fully saturated rings. The van der Waals surface area contributed by atoms with Crippen molar-refractivity contribution in [3.05, 3.63) is 0 Å². The van der Waals surface area contributed by atoms with Crippen molar-refractivity contribution in [2.75, 3.05) is 33.2 Å². The standard InChI is InChI=1S/C11H24N2/c1-4-6-11(5-2)13-9-7-12(3)8-10-13/h11H,4-10H2,1-3H3. The lowest BCUT2D eigenvalue weighted by atomic mass is 10.1. The fourth-order valence-electron chi connectivity index (χ4n) is 2.17. The fraction of sp³-hybridized carbons (Fsp3) is 1.00. The average Bonchev–Trinajstić information content (AvgIpc) is 2.16. The molecule has 1 aliphatic heterocycles. The van der Waals surface area contributed by atoms with Crippen LogP contribution in [0.1, 0.15) is 33.1 Å². The summed E-state index contributed by atoms with van der Waals surface area (Å²) in [5, 5.41) is 0. The van der Waals surface area contributed by atoms with E-state index in [1.165, 1.54) is 45.4 Å². The van der Waals surface area contributed by atoms with Crippen molar-refractivity contribution in [1.29, 1.82) is 0 Å². The van der Waals surface area contributed by atoms with Gasteiger partial charge in [-0.2, -0.15) is 0 Å². The molecule has 0 bridgehead atoms. The van der Waals surface area contributed by atoms with Crippen LogP contribution in [0.2, 0.25) is 0 Å². The van der Waals surface area contributed by atoms with Gasteiger partial charge in [-0.1, -0.05) is 20.3 Å². The van der Waals surface area contributed by atoms with Crippen molar-refractivity contribution in [3.63, 3.8) is 0 Å². The molecule has 1 saturated heterocycles. The maximum Gasteiger partial charge on any atom is 0.0113 e. The van der Waals surface area contributed by atoms with Crippen LogP contribution in [0.25, 0.3) is 0 Å². The summed E-state index contributed by atoms with van der Waals surface area (Å²) in [4.78, 5) is 5.10. The summed E-state index contributed by atoms with van der Waals surface area (Å²) in [6.07, 6.45) is 4.02. The molecule has 0 radical (unpaired) electrons. The first kappa shape index (κ1) is 11.0. The Balaban J connectivity index is 2.32. The molecule has 0 aromatic rings. The number of rotatable bonds is 4. The van der Waals surface area contributed by atoms with Crippen molar-refractivity contribution >= 4 is 0 Å². The van der Waals surface area contributed by atoms with Crippen LogP contribution >= 0.6 is 0 Å². The molecule has 0 aliphatic carbocycles. The smallest absolute Gasteiger partial charge is 0.0113 e. The van der Waals surface area contributed by atoms with Crippen LogP contribution in [0.15, 0.2) is 0 Å². The van der Waals surface area contributed by atoms with Crippen LogP contribution in [0.4, 0.5) is 0 Å². The Labute approximate surface area is 82.9 Å². The van der Waals surface area contributed by atoms with Gasteiger partial charge < -0.3 is 4.90 Å². The molecule has 0 N–H and O–H groups in total. The predicted octanol–water partition coefficient (Wildman–Crippen LogP) is 1.81. The molecule has 1 aliphatic rings. The van der Waals surface area contributed by atoms with Crippen LogP contribution in [0, 0.1) is 0 Å². The van der Waals surface area contributed by atoms with E-state index in [0.717, 1.165) is 6.04 Å². The second kappa shape index (κ2) is 5.61. The van der Waals surface area contributed by atoms with Crippen LogP contribution in [-0.4, -0.2) is 49.1 Å². The van der Waals surface area contributed by atoms with Gasteiger partial charge in [0.25, 0.3) is 0 Å². The molecule has 0 aromatic carbocycles. The van der Waals surface area contributed by atoms with Crippen LogP contribution < -0.4 is 0 Å². The zero-order valence-electron chi connectivity index (χ0n) is 9.42. The average molecular weight is 184 g/mol. The third-order valence-corrected chi connectivity index (χ3v) is 3.15. The molecule has 1 rings (SSSR count). The zero-order chi connectivity index (χ0) is 9.68. The van der Waals surface area contributed by atoms with Crippen LogP contribution in [0.3, 0.4) is 0 Å². The maximum absolute atomic E-state index is 2.67. The summed E-state index contributed by atoms with van der Waals surface area (Å²) < 4.78 is 0. The quantitative estimate of drug-likeness (QED) is 0.657. The highest BCUT2D eigenvalue weighted by atomic mass is 15.3. The van der Waals surface area contributed by atoms with Gasteiger partial charge in [-0.05, 0) is 19.9 Å². The zero-order valence-corrected chi connectivity index (χ0v) is 9.42. The normalized spacial score (nSPS) is 23.3. The summed E-state index contributed by atoms with van der Waals surface area (Å²) in [5.41, 5.74) is 0. The Hall–Kier alpha value is -0.0800. The van der Waals surface area contributed by atoms with E-state index < -0.39 is 0 Å². The van der Waals surface area contributed by atoms with E-state index in [1.54, 1.807) is 0 Å². The van der Waals surface area contributed by atoms with E-state index in [0.29, 0.717) is 0 Å². The second-order valence-corrected chi connectivity index (χ2v) is 4.19. The monoisotopic (exact) mass is 184 g/mol. The number of hydrogen-bond donors (Lipinski definition) is 0. The van der Waals surface area contributed by atoms with E-state index in [2.05, 4.69) is 30.7 Å². The highest BCUT2D eigenvalue weighted by Gasteiger charge is 2.19. The lowest BCUT2D eigenvalue weighted by Gasteiger charge is -2.37. The molecule has 1 unspecified atom stereocenters. The first-order chi connectivity index (χ1) is 6.27. The van der Waals surface area contributed by atoms with Gasteiger partial charge in [-0.15, -0.1) is 0 Å². The van der Waals surface area contributed by atoms with Crippen molar-refractivity contribution in [2.24, 2.45) is 0 Å². The summed E-state index contributed by atoms with van der Waals surface area (Å²) in [6.45, 7) is 9.65.